The van der Waals surface area contributed by atoms with Crippen LogP contribution in [0.25, 0.3) is 10.9 Å². The van der Waals surface area contributed by atoms with Gasteiger partial charge in [-0.1, -0.05) is 0 Å². The van der Waals surface area contributed by atoms with E-state index >= 15 is 0 Å². The molecule has 124 valence electrons. The van der Waals surface area contributed by atoms with Crippen molar-refractivity contribution in [3.63, 3.8) is 0 Å². The minimum Gasteiger partial charge on any atom is -0.481 e. The molecule has 2 aromatic rings. The Bertz CT molecular complexity index is 848. The number of rotatable bonds is 3. The first-order valence-electron chi connectivity index (χ1n) is 8.15. The molecule has 5 nitrogen and oxygen atoms in total. The number of carboxylic acid groups (broad SMARTS) is 1. The van der Waals surface area contributed by atoms with Crippen molar-refractivity contribution in [1.82, 2.24) is 9.88 Å². The minimum absolute atomic E-state index is 0.200. The van der Waals surface area contributed by atoms with Gasteiger partial charge in [0.05, 0.1) is 17.0 Å². The normalized spacial score (nSPS) is 20.5. The second-order valence-corrected chi connectivity index (χ2v) is 6.61. The number of aromatic nitrogens is 1. The lowest BCUT2D eigenvalue weighted by Crippen LogP contribution is -2.30. The fourth-order valence-corrected chi connectivity index (χ4v) is 3.30. The SMILES string of the molecule is O=C(O)C1CCN(C(=O)c2cc(C3CC3)nc3ccc(F)cc23)C1. The van der Waals surface area contributed by atoms with E-state index in [9.17, 15) is 14.0 Å². The molecule has 1 aromatic heterocycles. The van der Waals surface area contributed by atoms with Gasteiger partial charge in [-0.25, -0.2) is 4.39 Å². The first kappa shape index (κ1) is 15.1. The lowest BCUT2D eigenvalue weighted by molar-refractivity contribution is -0.141. The number of pyridine rings is 1. The van der Waals surface area contributed by atoms with Crippen LogP contribution in [0.2, 0.25) is 0 Å². The summed E-state index contributed by atoms with van der Waals surface area (Å²) in [5.41, 5.74) is 1.90. The Morgan fingerprint density at radius 2 is 2.00 bits per heavy atom. The lowest BCUT2D eigenvalue weighted by Gasteiger charge is -2.18. The third-order valence-corrected chi connectivity index (χ3v) is 4.84. The molecular formula is C18H17FN2O3. The number of likely N-dealkylation sites (tertiary alicyclic amines) is 1. The number of fused-ring (bicyclic) bond motifs is 1. The van der Waals surface area contributed by atoms with Gasteiger partial charge >= 0.3 is 5.97 Å². The number of benzene rings is 1. The highest BCUT2D eigenvalue weighted by Gasteiger charge is 2.33. The Balaban J connectivity index is 1.75. The number of hydrogen-bond acceptors (Lipinski definition) is 3. The van der Waals surface area contributed by atoms with Crippen molar-refractivity contribution in [1.29, 1.82) is 0 Å². The fourth-order valence-electron chi connectivity index (χ4n) is 3.30. The second kappa shape index (κ2) is 5.54. The average Bonchev–Trinajstić information content (AvgIpc) is 3.29. The molecule has 1 saturated carbocycles. The molecule has 2 fully saturated rings. The van der Waals surface area contributed by atoms with E-state index in [1.54, 1.807) is 17.0 Å². The zero-order chi connectivity index (χ0) is 16.8. The Kier molecular flexibility index (Phi) is 3.48. The number of carbonyl (C=O) groups is 2. The van der Waals surface area contributed by atoms with Crippen molar-refractivity contribution in [3.05, 3.63) is 41.3 Å². The molecule has 0 spiro atoms. The Labute approximate surface area is 138 Å². The summed E-state index contributed by atoms with van der Waals surface area (Å²) in [7, 11) is 0. The van der Waals surface area contributed by atoms with Gasteiger partial charge in [-0.15, -0.1) is 0 Å². The molecule has 6 heteroatoms. The number of carboxylic acids is 1. The van der Waals surface area contributed by atoms with E-state index in [0.717, 1.165) is 18.5 Å². The molecule has 1 saturated heterocycles. The van der Waals surface area contributed by atoms with Crippen molar-refractivity contribution in [2.75, 3.05) is 13.1 Å². The van der Waals surface area contributed by atoms with Crippen LogP contribution in [-0.4, -0.2) is 40.0 Å². The summed E-state index contributed by atoms with van der Waals surface area (Å²) in [5.74, 6) is -1.69. The maximum atomic E-state index is 13.7. The molecule has 2 heterocycles. The summed E-state index contributed by atoms with van der Waals surface area (Å²) in [5, 5.41) is 9.61. The monoisotopic (exact) mass is 328 g/mol. The Morgan fingerprint density at radius 3 is 2.67 bits per heavy atom. The van der Waals surface area contributed by atoms with E-state index in [-0.39, 0.29) is 12.5 Å². The van der Waals surface area contributed by atoms with Crippen LogP contribution in [0, 0.1) is 11.7 Å². The molecule has 2 aliphatic rings. The predicted octanol–water partition coefficient (Wildman–Crippen LogP) is 2.80. The van der Waals surface area contributed by atoms with E-state index in [4.69, 9.17) is 5.11 Å². The van der Waals surface area contributed by atoms with Gasteiger partial charge in [-0.2, -0.15) is 0 Å². The smallest absolute Gasteiger partial charge is 0.308 e. The molecule has 1 amide bonds. The van der Waals surface area contributed by atoms with Gasteiger partial charge in [0.1, 0.15) is 5.82 Å². The van der Waals surface area contributed by atoms with Gasteiger partial charge in [0.15, 0.2) is 0 Å². The first-order chi connectivity index (χ1) is 11.5. The van der Waals surface area contributed by atoms with Crippen molar-refractivity contribution in [3.8, 4) is 0 Å². The molecule has 1 aliphatic heterocycles. The van der Waals surface area contributed by atoms with Gasteiger partial charge in [-0.3, -0.25) is 14.6 Å². The predicted molar refractivity (Wildman–Crippen MR) is 85.3 cm³/mol. The molecule has 0 bridgehead atoms. The third-order valence-electron chi connectivity index (χ3n) is 4.84. The number of amides is 1. The molecule has 1 unspecified atom stereocenters. The summed E-state index contributed by atoms with van der Waals surface area (Å²) in [6.07, 6.45) is 2.56. The van der Waals surface area contributed by atoms with E-state index in [2.05, 4.69) is 4.98 Å². The van der Waals surface area contributed by atoms with E-state index < -0.39 is 17.7 Å². The zero-order valence-corrected chi connectivity index (χ0v) is 13.0. The molecule has 4 rings (SSSR count). The van der Waals surface area contributed by atoms with Crippen LogP contribution >= 0.6 is 0 Å². The summed E-state index contributed by atoms with van der Waals surface area (Å²) >= 11 is 0. The average molecular weight is 328 g/mol. The van der Waals surface area contributed by atoms with Gasteiger partial charge in [0.25, 0.3) is 5.91 Å². The number of hydrogen-bond donors (Lipinski definition) is 1. The Hall–Kier alpha value is -2.50. The number of nitrogens with zero attached hydrogens (tertiary/aromatic N) is 2. The van der Waals surface area contributed by atoms with E-state index in [1.807, 2.05) is 0 Å². The molecule has 1 atom stereocenters. The first-order valence-corrected chi connectivity index (χ1v) is 8.15. The van der Waals surface area contributed by atoms with Crippen molar-refractivity contribution >= 4 is 22.8 Å². The standard InChI is InChI=1S/C18H17FN2O3/c19-12-3-4-15-13(7-12)14(8-16(20-15)10-1-2-10)17(22)21-6-5-11(9-21)18(23)24/h3-4,7-8,10-11H,1-2,5-6,9H2,(H,23,24). The summed E-state index contributed by atoms with van der Waals surface area (Å²) in [6, 6.07) is 6.03. The van der Waals surface area contributed by atoms with Crippen molar-refractivity contribution in [2.24, 2.45) is 5.92 Å². The highest BCUT2D eigenvalue weighted by molar-refractivity contribution is 6.06. The largest absolute Gasteiger partial charge is 0.481 e. The highest BCUT2D eigenvalue weighted by Crippen LogP contribution is 2.40. The molecular weight excluding hydrogens is 311 g/mol. The van der Waals surface area contributed by atoms with E-state index in [1.165, 1.54) is 12.1 Å². The van der Waals surface area contributed by atoms with Crippen LogP contribution in [0.1, 0.15) is 41.2 Å². The summed E-state index contributed by atoms with van der Waals surface area (Å²) < 4.78 is 13.7. The van der Waals surface area contributed by atoms with Gasteiger partial charge in [0.2, 0.25) is 0 Å². The fraction of sp³-hybridized carbons (Fsp3) is 0.389. The molecule has 0 radical (unpaired) electrons. The Morgan fingerprint density at radius 1 is 1.21 bits per heavy atom. The van der Waals surface area contributed by atoms with Crippen LogP contribution in [0.5, 0.6) is 0 Å². The third kappa shape index (κ3) is 2.62. The van der Waals surface area contributed by atoms with Gasteiger partial charge in [-0.05, 0) is 43.5 Å². The van der Waals surface area contributed by atoms with E-state index in [0.29, 0.717) is 35.3 Å². The summed E-state index contributed by atoms with van der Waals surface area (Å²) in [6.45, 7) is 0.611. The second-order valence-electron chi connectivity index (χ2n) is 6.61. The van der Waals surface area contributed by atoms with Crippen LogP contribution in [0.3, 0.4) is 0 Å². The number of aliphatic carboxylic acids is 1. The minimum atomic E-state index is -0.880. The molecule has 1 N–H and O–H groups in total. The summed E-state index contributed by atoms with van der Waals surface area (Å²) in [4.78, 5) is 30.1. The van der Waals surface area contributed by atoms with Crippen LogP contribution in [0.4, 0.5) is 4.39 Å². The molecule has 1 aliphatic carbocycles. The number of halogens is 1. The van der Waals surface area contributed by atoms with Gasteiger partial charge < -0.3 is 10.0 Å². The van der Waals surface area contributed by atoms with Crippen molar-refractivity contribution < 1.29 is 19.1 Å². The van der Waals surface area contributed by atoms with Crippen molar-refractivity contribution in [2.45, 2.75) is 25.2 Å². The quantitative estimate of drug-likeness (QED) is 0.940. The zero-order valence-electron chi connectivity index (χ0n) is 13.0. The number of carbonyl (C=O) groups excluding carboxylic acids is 1. The maximum absolute atomic E-state index is 13.7. The lowest BCUT2D eigenvalue weighted by atomic mass is 10.0. The molecule has 24 heavy (non-hydrogen) atoms. The topological polar surface area (TPSA) is 70.5 Å². The van der Waals surface area contributed by atoms with Crippen LogP contribution < -0.4 is 0 Å². The molecule has 1 aromatic carbocycles. The maximum Gasteiger partial charge on any atom is 0.308 e. The van der Waals surface area contributed by atoms with Crippen LogP contribution in [-0.2, 0) is 4.79 Å². The van der Waals surface area contributed by atoms with Gasteiger partial charge in [0, 0.05) is 30.1 Å². The van der Waals surface area contributed by atoms with Crippen LogP contribution in [0.15, 0.2) is 24.3 Å². The highest BCUT2D eigenvalue weighted by atomic mass is 19.1.